The third-order valence-corrected chi connectivity index (χ3v) is 2.84. The number of benzene rings is 1. The van der Waals surface area contributed by atoms with Crippen LogP contribution in [0.2, 0.25) is 0 Å². The van der Waals surface area contributed by atoms with Crippen molar-refractivity contribution in [2.75, 3.05) is 26.9 Å². The van der Waals surface area contributed by atoms with Crippen LogP contribution in [0.25, 0.3) is 0 Å². The topological polar surface area (TPSA) is 72.9 Å². The molecule has 0 radical (unpaired) electrons. The minimum Gasteiger partial charge on any atom is -0.491 e. The summed E-state index contributed by atoms with van der Waals surface area (Å²) >= 11 is 0. The minimum atomic E-state index is -0.116. The molecule has 0 unspecified atom stereocenters. The fourth-order valence-corrected chi connectivity index (χ4v) is 1.97. The molecule has 6 heteroatoms. The quantitative estimate of drug-likeness (QED) is 0.565. The number of amides is 1. The zero-order valence-corrected chi connectivity index (χ0v) is 11.3. The van der Waals surface area contributed by atoms with E-state index in [0.717, 1.165) is 11.8 Å². The van der Waals surface area contributed by atoms with Gasteiger partial charge in [-0.1, -0.05) is 6.07 Å². The van der Waals surface area contributed by atoms with Crippen molar-refractivity contribution >= 4 is 19.0 Å². The summed E-state index contributed by atoms with van der Waals surface area (Å²) in [6.07, 6.45) is 0.731. The number of carbonyl (C=O) groups is 3. The predicted molar refractivity (Wildman–Crippen MR) is 71.7 cm³/mol. The van der Waals surface area contributed by atoms with Crippen LogP contribution in [0.1, 0.15) is 15.9 Å². The van der Waals surface area contributed by atoms with Gasteiger partial charge in [0.15, 0.2) is 0 Å². The van der Waals surface area contributed by atoms with Gasteiger partial charge in [-0.15, -0.1) is 0 Å². The van der Waals surface area contributed by atoms with Crippen LogP contribution in [0.4, 0.5) is 0 Å². The first-order valence-corrected chi connectivity index (χ1v) is 6.03. The van der Waals surface area contributed by atoms with Crippen molar-refractivity contribution in [1.82, 2.24) is 4.90 Å². The Labute approximate surface area is 117 Å². The Morgan fingerprint density at radius 3 is 2.75 bits per heavy atom. The molecule has 0 spiro atoms. The Hall–Kier alpha value is -2.21. The van der Waals surface area contributed by atoms with E-state index in [2.05, 4.69) is 0 Å². The van der Waals surface area contributed by atoms with Crippen LogP contribution < -0.4 is 4.74 Å². The number of fused-ring (bicyclic) bond motifs is 1. The van der Waals surface area contributed by atoms with E-state index >= 15 is 0 Å². The van der Waals surface area contributed by atoms with Gasteiger partial charge in [0, 0.05) is 18.2 Å². The van der Waals surface area contributed by atoms with Gasteiger partial charge >= 0.3 is 0 Å². The highest BCUT2D eigenvalue weighted by Gasteiger charge is 2.29. The van der Waals surface area contributed by atoms with Crippen LogP contribution in [0, 0.1) is 0 Å². The van der Waals surface area contributed by atoms with Gasteiger partial charge in [-0.3, -0.25) is 4.79 Å². The standard InChI is InChI=1S/C13H15NO4.CH2O/c1-17-7-8-18-12-4-2-3-10-11(12)9-14(5-6-15)13(10)16;1-2/h2-4,6H,5,7-9H2,1H3;1H2. The first-order valence-electron chi connectivity index (χ1n) is 6.03. The third kappa shape index (κ3) is 3.42. The summed E-state index contributed by atoms with van der Waals surface area (Å²) < 4.78 is 10.5. The molecule has 1 aliphatic rings. The summed E-state index contributed by atoms with van der Waals surface area (Å²) in [7, 11) is 1.61. The van der Waals surface area contributed by atoms with Crippen molar-refractivity contribution in [2.24, 2.45) is 0 Å². The number of hydrogen-bond acceptors (Lipinski definition) is 5. The van der Waals surface area contributed by atoms with Crippen LogP contribution in [-0.4, -0.2) is 50.8 Å². The molecule has 2 rings (SSSR count). The van der Waals surface area contributed by atoms with Gasteiger partial charge < -0.3 is 24.0 Å². The van der Waals surface area contributed by atoms with Crippen LogP contribution in [0.5, 0.6) is 5.75 Å². The number of methoxy groups -OCH3 is 1. The van der Waals surface area contributed by atoms with Gasteiger partial charge in [0.25, 0.3) is 5.91 Å². The number of carbonyl (C=O) groups excluding carboxylic acids is 3. The van der Waals surface area contributed by atoms with Crippen LogP contribution in [0.15, 0.2) is 18.2 Å². The average Bonchev–Trinajstić information content (AvgIpc) is 2.80. The second-order valence-corrected chi connectivity index (χ2v) is 3.98. The molecule has 1 aliphatic heterocycles. The number of ether oxygens (including phenoxy) is 2. The molecule has 1 amide bonds. The van der Waals surface area contributed by atoms with Crippen molar-refractivity contribution < 1.29 is 23.9 Å². The third-order valence-electron chi connectivity index (χ3n) is 2.84. The number of rotatable bonds is 6. The Morgan fingerprint density at radius 2 is 2.10 bits per heavy atom. The highest BCUT2D eigenvalue weighted by atomic mass is 16.5. The van der Waals surface area contributed by atoms with Gasteiger partial charge in [-0.2, -0.15) is 0 Å². The zero-order chi connectivity index (χ0) is 15.0. The van der Waals surface area contributed by atoms with Gasteiger partial charge in [0.05, 0.1) is 19.7 Å². The number of nitrogens with zero attached hydrogens (tertiary/aromatic N) is 1. The van der Waals surface area contributed by atoms with E-state index in [9.17, 15) is 9.59 Å². The maximum absolute atomic E-state index is 12.0. The number of hydrogen-bond donors (Lipinski definition) is 0. The lowest BCUT2D eigenvalue weighted by Crippen LogP contribution is -2.25. The summed E-state index contributed by atoms with van der Waals surface area (Å²) in [6, 6.07) is 5.36. The van der Waals surface area contributed by atoms with E-state index in [1.807, 2.05) is 12.9 Å². The second kappa shape index (κ2) is 8.06. The molecule has 0 aliphatic carbocycles. The SMILES string of the molecule is C=O.COCCOc1cccc2c1CN(CC=O)C2=O. The van der Waals surface area contributed by atoms with Gasteiger partial charge in [0.1, 0.15) is 25.4 Å². The highest BCUT2D eigenvalue weighted by molar-refractivity contribution is 5.99. The monoisotopic (exact) mass is 279 g/mol. The van der Waals surface area contributed by atoms with Crippen molar-refractivity contribution in [3.8, 4) is 5.75 Å². The van der Waals surface area contributed by atoms with Crippen LogP contribution in [-0.2, 0) is 20.9 Å². The molecule has 0 aromatic heterocycles. The maximum Gasteiger partial charge on any atom is 0.255 e. The molecule has 1 aromatic rings. The van der Waals surface area contributed by atoms with Crippen molar-refractivity contribution in [1.29, 1.82) is 0 Å². The van der Waals surface area contributed by atoms with Gasteiger partial charge in [0.2, 0.25) is 0 Å². The molecule has 0 fully saturated rings. The molecule has 0 N–H and O–H groups in total. The largest absolute Gasteiger partial charge is 0.491 e. The van der Waals surface area contributed by atoms with E-state index in [1.54, 1.807) is 19.2 Å². The maximum atomic E-state index is 12.0. The summed E-state index contributed by atoms with van der Waals surface area (Å²) in [4.78, 5) is 32.0. The summed E-state index contributed by atoms with van der Waals surface area (Å²) in [5, 5.41) is 0. The summed E-state index contributed by atoms with van der Waals surface area (Å²) in [5.74, 6) is 0.570. The molecule has 20 heavy (non-hydrogen) atoms. The Morgan fingerprint density at radius 1 is 1.35 bits per heavy atom. The van der Waals surface area contributed by atoms with Crippen molar-refractivity contribution in [3.05, 3.63) is 29.3 Å². The molecule has 6 nitrogen and oxygen atoms in total. The Bertz CT molecular complexity index is 475. The highest BCUT2D eigenvalue weighted by Crippen LogP contribution is 2.30. The summed E-state index contributed by atoms with van der Waals surface area (Å²) in [5.41, 5.74) is 1.47. The Balaban J connectivity index is 0.000000956. The lowest BCUT2D eigenvalue weighted by atomic mass is 10.1. The Kier molecular flexibility index (Phi) is 6.39. The van der Waals surface area contributed by atoms with E-state index in [4.69, 9.17) is 14.3 Å². The zero-order valence-electron chi connectivity index (χ0n) is 11.3. The normalized spacial score (nSPS) is 12.4. The predicted octanol–water partition coefficient (Wildman–Crippen LogP) is 0.682. The fourth-order valence-electron chi connectivity index (χ4n) is 1.97. The number of aldehydes is 1. The molecular weight excluding hydrogens is 262 g/mol. The van der Waals surface area contributed by atoms with E-state index in [1.165, 1.54) is 4.90 Å². The molecule has 0 saturated heterocycles. The van der Waals surface area contributed by atoms with Gasteiger partial charge in [-0.25, -0.2) is 0 Å². The molecule has 0 saturated carbocycles. The molecule has 108 valence electrons. The van der Waals surface area contributed by atoms with Crippen molar-refractivity contribution in [3.63, 3.8) is 0 Å². The lowest BCUT2D eigenvalue weighted by molar-refractivity contribution is -0.108. The van der Waals surface area contributed by atoms with E-state index < -0.39 is 0 Å². The molecule has 1 heterocycles. The van der Waals surface area contributed by atoms with E-state index in [-0.39, 0.29) is 12.5 Å². The van der Waals surface area contributed by atoms with Crippen LogP contribution >= 0.6 is 0 Å². The molecule has 0 atom stereocenters. The molecule has 0 bridgehead atoms. The molecule has 1 aromatic carbocycles. The average molecular weight is 279 g/mol. The lowest BCUT2D eigenvalue weighted by Gasteiger charge is -2.11. The minimum absolute atomic E-state index is 0.116. The fraction of sp³-hybridized carbons (Fsp3) is 0.357. The van der Waals surface area contributed by atoms with Crippen molar-refractivity contribution in [2.45, 2.75) is 6.54 Å². The van der Waals surface area contributed by atoms with Crippen LogP contribution in [0.3, 0.4) is 0 Å². The smallest absolute Gasteiger partial charge is 0.255 e. The van der Waals surface area contributed by atoms with E-state index in [0.29, 0.717) is 31.1 Å². The first-order chi connectivity index (χ1) is 9.77. The summed E-state index contributed by atoms with van der Waals surface area (Å²) in [6.45, 7) is 3.48. The second-order valence-electron chi connectivity index (χ2n) is 3.98. The first kappa shape index (κ1) is 15.8. The molecular formula is C14H17NO5. The van der Waals surface area contributed by atoms with Gasteiger partial charge in [-0.05, 0) is 12.1 Å².